The number of hydrogen-bond acceptors (Lipinski definition) is 1. The van der Waals surface area contributed by atoms with Crippen LogP contribution in [0.15, 0.2) is 72.9 Å². The third-order valence-corrected chi connectivity index (χ3v) is 7.53. The molecule has 0 N–H and O–H groups in total. The summed E-state index contributed by atoms with van der Waals surface area (Å²) in [6, 6.07) is 20.1. The molecule has 0 bridgehead atoms. The Balaban J connectivity index is 1.62. The summed E-state index contributed by atoms with van der Waals surface area (Å²) in [7, 11) is 0. The van der Waals surface area contributed by atoms with Gasteiger partial charge >= 0.3 is 6.18 Å². The van der Waals surface area contributed by atoms with Gasteiger partial charge in [0.2, 0.25) is 5.91 Å². The Morgan fingerprint density at radius 3 is 2.41 bits per heavy atom. The van der Waals surface area contributed by atoms with Crippen LogP contribution >= 0.6 is 11.6 Å². The Morgan fingerprint density at radius 1 is 1.00 bits per heavy atom. The highest BCUT2D eigenvalue weighted by atomic mass is 35.5. The standard InChI is InChI=1S/C30H28ClF3N2O/c1-20-8-10-21(11-9-20)18-36-19-25(23-6-2-3-7-28(23)36)24(17-29(37)35-14-4-5-15-35)22-12-13-27(31)26(16-22)30(32,33)34/h2-3,6-13,16,19,24H,4-5,14-15,17-18H2,1H3. The number of likely N-dealkylation sites (tertiary alicyclic amines) is 1. The predicted molar refractivity (Wildman–Crippen MR) is 141 cm³/mol. The zero-order valence-electron chi connectivity index (χ0n) is 20.6. The number of para-hydroxylation sites is 1. The smallest absolute Gasteiger partial charge is 0.343 e. The molecule has 2 heterocycles. The van der Waals surface area contributed by atoms with Gasteiger partial charge in [-0.05, 0) is 54.7 Å². The molecule has 0 radical (unpaired) electrons. The quantitative estimate of drug-likeness (QED) is 0.252. The van der Waals surface area contributed by atoms with Crippen LogP contribution in [0.1, 0.15) is 53.0 Å². The highest BCUT2D eigenvalue weighted by molar-refractivity contribution is 6.31. The minimum atomic E-state index is -4.59. The van der Waals surface area contributed by atoms with E-state index in [1.165, 1.54) is 11.6 Å². The number of hydrogen-bond donors (Lipinski definition) is 0. The van der Waals surface area contributed by atoms with E-state index >= 15 is 0 Å². The van der Waals surface area contributed by atoms with Crippen LogP contribution in [0.25, 0.3) is 10.9 Å². The van der Waals surface area contributed by atoms with E-state index < -0.39 is 17.7 Å². The van der Waals surface area contributed by atoms with Gasteiger partial charge in [-0.3, -0.25) is 4.79 Å². The van der Waals surface area contributed by atoms with Crippen LogP contribution in [0.3, 0.4) is 0 Å². The van der Waals surface area contributed by atoms with Gasteiger partial charge in [0.25, 0.3) is 0 Å². The molecule has 0 aliphatic carbocycles. The van der Waals surface area contributed by atoms with Crippen LogP contribution in [-0.4, -0.2) is 28.5 Å². The van der Waals surface area contributed by atoms with E-state index in [-0.39, 0.29) is 17.4 Å². The monoisotopic (exact) mass is 524 g/mol. The van der Waals surface area contributed by atoms with Gasteiger partial charge < -0.3 is 9.47 Å². The van der Waals surface area contributed by atoms with Crippen molar-refractivity contribution in [2.24, 2.45) is 0 Å². The van der Waals surface area contributed by atoms with Gasteiger partial charge in [-0.2, -0.15) is 13.2 Å². The van der Waals surface area contributed by atoms with E-state index in [9.17, 15) is 18.0 Å². The number of carbonyl (C=O) groups is 1. The van der Waals surface area contributed by atoms with Crippen molar-refractivity contribution < 1.29 is 18.0 Å². The molecule has 1 aliphatic rings. The SMILES string of the molecule is Cc1ccc(Cn2cc(C(CC(=O)N3CCCC3)c3ccc(Cl)c(C(F)(F)F)c3)c3ccccc32)cc1. The lowest BCUT2D eigenvalue weighted by Crippen LogP contribution is -2.29. The second kappa shape index (κ2) is 10.3. The Morgan fingerprint density at radius 2 is 1.70 bits per heavy atom. The number of halogens is 4. The lowest BCUT2D eigenvalue weighted by atomic mass is 9.87. The lowest BCUT2D eigenvalue weighted by molar-refractivity contribution is -0.137. The molecule has 37 heavy (non-hydrogen) atoms. The molecular formula is C30H28ClF3N2O. The number of benzene rings is 3. The summed E-state index contributed by atoms with van der Waals surface area (Å²) in [5.41, 5.74) is 3.66. The molecule has 192 valence electrons. The Bertz CT molecular complexity index is 1420. The average molecular weight is 525 g/mol. The lowest BCUT2D eigenvalue weighted by Gasteiger charge is -2.22. The highest BCUT2D eigenvalue weighted by Crippen LogP contribution is 2.40. The van der Waals surface area contributed by atoms with Crippen molar-refractivity contribution in [2.45, 2.75) is 44.8 Å². The summed E-state index contributed by atoms with van der Waals surface area (Å²) < 4.78 is 43.4. The fourth-order valence-corrected chi connectivity index (χ4v) is 5.45. The third-order valence-electron chi connectivity index (χ3n) is 7.20. The first-order valence-electron chi connectivity index (χ1n) is 12.5. The van der Waals surface area contributed by atoms with Gasteiger partial charge in [-0.1, -0.05) is 65.7 Å². The van der Waals surface area contributed by atoms with E-state index in [1.807, 2.05) is 42.3 Å². The second-order valence-corrected chi connectivity index (χ2v) is 10.2. The molecule has 1 unspecified atom stereocenters. The van der Waals surface area contributed by atoms with Crippen LogP contribution in [0, 0.1) is 6.92 Å². The molecule has 7 heteroatoms. The minimum absolute atomic E-state index is 0.0404. The fraction of sp³-hybridized carbons (Fsp3) is 0.300. The van der Waals surface area contributed by atoms with Gasteiger partial charge in [0, 0.05) is 49.1 Å². The number of carbonyl (C=O) groups excluding carboxylic acids is 1. The van der Waals surface area contributed by atoms with E-state index in [0.29, 0.717) is 25.2 Å². The number of alkyl halides is 3. The molecule has 5 rings (SSSR count). The van der Waals surface area contributed by atoms with Crippen molar-refractivity contribution in [1.82, 2.24) is 9.47 Å². The minimum Gasteiger partial charge on any atom is -0.343 e. The first-order valence-corrected chi connectivity index (χ1v) is 12.9. The van der Waals surface area contributed by atoms with E-state index in [0.717, 1.165) is 40.9 Å². The van der Waals surface area contributed by atoms with Crippen molar-refractivity contribution in [3.8, 4) is 0 Å². The van der Waals surface area contributed by atoms with Crippen molar-refractivity contribution in [3.63, 3.8) is 0 Å². The number of nitrogens with zero attached hydrogens (tertiary/aromatic N) is 2. The van der Waals surface area contributed by atoms with Crippen LogP contribution < -0.4 is 0 Å². The maximum Gasteiger partial charge on any atom is 0.417 e. The van der Waals surface area contributed by atoms with Crippen LogP contribution in [0.5, 0.6) is 0 Å². The van der Waals surface area contributed by atoms with Crippen molar-refractivity contribution in [3.05, 3.63) is 106 Å². The zero-order valence-corrected chi connectivity index (χ0v) is 21.3. The molecular weight excluding hydrogens is 497 g/mol. The first-order chi connectivity index (χ1) is 17.7. The summed E-state index contributed by atoms with van der Waals surface area (Å²) in [4.78, 5) is 15.1. The van der Waals surface area contributed by atoms with Gasteiger partial charge in [0.15, 0.2) is 0 Å². The van der Waals surface area contributed by atoms with Gasteiger partial charge in [0.05, 0.1) is 10.6 Å². The maximum atomic E-state index is 13.8. The number of amides is 1. The van der Waals surface area contributed by atoms with Crippen LogP contribution in [0.2, 0.25) is 5.02 Å². The number of aromatic nitrogens is 1. The summed E-state index contributed by atoms with van der Waals surface area (Å²) in [5, 5.41) is 0.583. The molecule has 0 spiro atoms. The summed E-state index contributed by atoms with van der Waals surface area (Å²) in [6.07, 6.45) is -0.599. The molecule has 0 saturated carbocycles. The largest absolute Gasteiger partial charge is 0.417 e. The molecule has 1 aromatic heterocycles. The third kappa shape index (κ3) is 5.40. The molecule has 4 aromatic rings. The topological polar surface area (TPSA) is 25.2 Å². The summed E-state index contributed by atoms with van der Waals surface area (Å²) in [5.74, 6) is -0.586. The molecule has 3 aromatic carbocycles. The number of rotatable bonds is 6. The maximum absolute atomic E-state index is 13.8. The van der Waals surface area contributed by atoms with E-state index in [2.05, 4.69) is 28.8 Å². The second-order valence-electron chi connectivity index (χ2n) is 9.80. The van der Waals surface area contributed by atoms with Crippen LogP contribution in [0.4, 0.5) is 13.2 Å². The van der Waals surface area contributed by atoms with E-state index in [1.54, 1.807) is 6.07 Å². The van der Waals surface area contributed by atoms with Crippen molar-refractivity contribution >= 4 is 28.4 Å². The van der Waals surface area contributed by atoms with Crippen molar-refractivity contribution in [2.75, 3.05) is 13.1 Å². The molecule has 1 atom stereocenters. The Hall–Kier alpha value is -3.25. The van der Waals surface area contributed by atoms with Gasteiger partial charge in [-0.15, -0.1) is 0 Å². The van der Waals surface area contributed by atoms with Gasteiger partial charge in [-0.25, -0.2) is 0 Å². The fourth-order valence-electron chi connectivity index (χ4n) is 5.23. The molecule has 1 amide bonds. The highest BCUT2D eigenvalue weighted by Gasteiger charge is 2.35. The van der Waals surface area contributed by atoms with Crippen molar-refractivity contribution in [1.29, 1.82) is 0 Å². The van der Waals surface area contributed by atoms with Gasteiger partial charge in [0.1, 0.15) is 0 Å². The molecule has 1 fully saturated rings. The molecule has 1 saturated heterocycles. The number of aryl methyl sites for hydroxylation is 1. The molecule has 3 nitrogen and oxygen atoms in total. The summed E-state index contributed by atoms with van der Waals surface area (Å²) in [6.45, 7) is 4.03. The predicted octanol–water partition coefficient (Wildman–Crippen LogP) is 7.81. The first kappa shape index (κ1) is 25.4. The zero-order chi connectivity index (χ0) is 26.2. The summed E-state index contributed by atoms with van der Waals surface area (Å²) >= 11 is 5.94. The number of fused-ring (bicyclic) bond motifs is 1. The Kier molecular flexibility index (Phi) is 7.04. The van der Waals surface area contributed by atoms with E-state index in [4.69, 9.17) is 11.6 Å². The normalized spacial score (nSPS) is 14.9. The van der Waals surface area contributed by atoms with Crippen LogP contribution in [-0.2, 0) is 17.5 Å². The Labute approximate surface area is 219 Å². The molecule has 1 aliphatic heterocycles. The average Bonchev–Trinajstić information content (AvgIpc) is 3.53.